The highest BCUT2D eigenvalue weighted by Crippen LogP contribution is 2.24. The monoisotopic (exact) mass is 368 g/mol. The minimum atomic E-state index is -0.402. The zero-order valence-electron chi connectivity index (χ0n) is 9.95. The van der Waals surface area contributed by atoms with Crippen LogP contribution >= 0.6 is 39.1 Å². The molecular weight excluding hydrogens is 363 g/mol. The van der Waals surface area contributed by atoms with E-state index in [1.807, 2.05) is 6.07 Å². The molecule has 2 rings (SSSR count). The van der Waals surface area contributed by atoms with Gasteiger partial charge in [0.1, 0.15) is 6.07 Å². The number of nitrogens with zero attached hydrogens (tertiary/aromatic N) is 1. The highest BCUT2D eigenvalue weighted by atomic mass is 79.9. The van der Waals surface area contributed by atoms with Crippen molar-refractivity contribution in [1.82, 2.24) is 0 Å². The zero-order valence-corrected chi connectivity index (χ0v) is 13.1. The van der Waals surface area contributed by atoms with E-state index < -0.39 is 5.91 Å². The van der Waals surface area contributed by atoms with Crippen LogP contribution in [0.25, 0.3) is 0 Å². The van der Waals surface area contributed by atoms with E-state index in [2.05, 4.69) is 21.2 Å². The normalized spacial score (nSPS) is 9.90. The van der Waals surface area contributed by atoms with Gasteiger partial charge in [0.15, 0.2) is 0 Å². The third-order valence-electron chi connectivity index (χ3n) is 2.53. The maximum atomic E-state index is 12.2. The van der Waals surface area contributed by atoms with Gasteiger partial charge < -0.3 is 5.32 Å². The van der Waals surface area contributed by atoms with Gasteiger partial charge in [0, 0.05) is 9.50 Å². The Kier molecular flexibility index (Phi) is 4.66. The summed E-state index contributed by atoms with van der Waals surface area (Å²) in [5, 5.41) is 12.4. The Bertz CT molecular complexity index is 726. The molecule has 100 valence electrons. The SMILES string of the molecule is N#Cc1ccc(Cl)cc1NC(=O)c1ccc(Br)cc1Cl. The lowest BCUT2D eigenvalue weighted by Crippen LogP contribution is -2.13. The Morgan fingerprint density at radius 3 is 2.60 bits per heavy atom. The molecule has 2 aromatic rings. The topological polar surface area (TPSA) is 52.9 Å². The number of anilines is 1. The molecule has 0 saturated heterocycles. The average Bonchev–Trinajstić information content (AvgIpc) is 2.38. The highest BCUT2D eigenvalue weighted by Gasteiger charge is 2.13. The molecule has 2 aromatic carbocycles. The highest BCUT2D eigenvalue weighted by molar-refractivity contribution is 9.10. The number of rotatable bonds is 2. The van der Waals surface area contributed by atoms with Crippen molar-refractivity contribution in [3.8, 4) is 6.07 Å². The van der Waals surface area contributed by atoms with E-state index in [9.17, 15) is 4.79 Å². The van der Waals surface area contributed by atoms with Crippen molar-refractivity contribution in [2.75, 3.05) is 5.32 Å². The van der Waals surface area contributed by atoms with E-state index in [4.69, 9.17) is 28.5 Å². The van der Waals surface area contributed by atoms with Crippen LogP contribution in [0, 0.1) is 11.3 Å². The molecule has 0 aliphatic rings. The number of nitriles is 1. The first-order valence-electron chi connectivity index (χ1n) is 5.47. The lowest BCUT2D eigenvalue weighted by molar-refractivity contribution is 0.102. The molecule has 0 aromatic heterocycles. The molecule has 0 atom stereocenters. The molecule has 0 aliphatic heterocycles. The van der Waals surface area contributed by atoms with Crippen LogP contribution in [-0.2, 0) is 0 Å². The van der Waals surface area contributed by atoms with E-state index in [-0.39, 0.29) is 0 Å². The molecule has 1 N–H and O–H groups in total. The first-order valence-corrected chi connectivity index (χ1v) is 7.02. The van der Waals surface area contributed by atoms with Crippen LogP contribution in [0.4, 0.5) is 5.69 Å². The third kappa shape index (κ3) is 3.31. The number of halogens is 3. The van der Waals surface area contributed by atoms with Crippen molar-refractivity contribution in [3.05, 3.63) is 62.0 Å². The van der Waals surface area contributed by atoms with E-state index >= 15 is 0 Å². The van der Waals surface area contributed by atoms with Gasteiger partial charge in [0.2, 0.25) is 0 Å². The summed E-state index contributed by atoms with van der Waals surface area (Å²) in [4.78, 5) is 12.2. The number of carbonyl (C=O) groups is 1. The van der Waals surface area contributed by atoms with Crippen LogP contribution in [0.15, 0.2) is 40.9 Å². The second-order valence-electron chi connectivity index (χ2n) is 3.88. The van der Waals surface area contributed by atoms with Crippen molar-refractivity contribution >= 4 is 50.7 Å². The second kappa shape index (κ2) is 6.27. The van der Waals surface area contributed by atoms with E-state index in [0.717, 1.165) is 4.47 Å². The van der Waals surface area contributed by atoms with Crippen molar-refractivity contribution in [2.24, 2.45) is 0 Å². The van der Waals surface area contributed by atoms with Crippen LogP contribution in [0.5, 0.6) is 0 Å². The van der Waals surface area contributed by atoms with Crippen LogP contribution in [0.1, 0.15) is 15.9 Å². The number of nitrogens with one attached hydrogen (secondary N) is 1. The molecule has 0 spiro atoms. The van der Waals surface area contributed by atoms with Gasteiger partial charge >= 0.3 is 0 Å². The van der Waals surface area contributed by atoms with E-state index in [1.165, 1.54) is 6.07 Å². The van der Waals surface area contributed by atoms with Gasteiger partial charge in [-0.05, 0) is 36.4 Å². The van der Waals surface area contributed by atoms with Crippen molar-refractivity contribution in [2.45, 2.75) is 0 Å². The fourth-order valence-corrected chi connectivity index (χ4v) is 2.51. The largest absolute Gasteiger partial charge is 0.321 e. The van der Waals surface area contributed by atoms with Crippen LogP contribution < -0.4 is 5.32 Å². The summed E-state index contributed by atoms with van der Waals surface area (Å²) in [6, 6.07) is 11.6. The lowest BCUT2D eigenvalue weighted by Gasteiger charge is -2.09. The Hall–Kier alpha value is -1.54. The van der Waals surface area contributed by atoms with Crippen LogP contribution in [0.2, 0.25) is 10.0 Å². The summed E-state index contributed by atoms with van der Waals surface area (Å²) in [6.07, 6.45) is 0. The summed E-state index contributed by atoms with van der Waals surface area (Å²) in [6.45, 7) is 0. The summed E-state index contributed by atoms with van der Waals surface area (Å²) in [5.74, 6) is -0.402. The zero-order chi connectivity index (χ0) is 14.7. The van der Waals surface area contributed by atoms with Crippen molar-refractivity contribution in [3.63, 3.8) is 0 Å². The van der Waals surface area contributed by atoms with Crippen molar-refractivity contribution in [1.29, 1.82) is 5.26 Å². The summed E-state index contributed by atoms with van der Waals surface area (Å²) in [7, 11) is 0. The Balaban J connectivity index is 2.33. The fourth-order valence-electron chi connectivity index (χ4n) is 1.58. The average molecular weight is 370 g/mol. The molecule has 0 saturated carbocycles. The first kappa shape index (κ1) is 14.9. The minimum absolute atomic E-state index is 0.317. The maximum absolute atomic E-state index is 12.2. The smallest absolute Gasteiger partial charge is 0.257 e. The third-order valence-corrected chi connectivity index (χ3v) is 3.57. The quantitative estimate of drug-likeness (QED) is 0.820. The molecule has 0 fully saturated rings. The summed E-state index contributed by atoms with van der Waals surface area (Å²) < 4.78 is 0.777. The van der Waals surface area contributed by atoms with Crippen LogP contribution in [-0.4, -0.2) is 5.91 Å². The number of amides is 1. The molecule has 0 bridgehead atoms. The number of hydrogen-bond donors (Lipinski definition) is 1. The molecular formula is C14H7BrCl2N2O. The van der Waals surface area contributed by atoms with Gasteiger partial charge in [-0.2, -0.15) is 5.26 Å². The molecule has 0 aliphatic carbocycles. The molecule has 1 amide bonds. The molecule has 3 nitrogen and oxygen atoms in total. The number of benzene rings is 2. The molecule has 6 heteroatoms. The van der Waals surface area contributed by atoms with Gasteiger partial charge in [-0.3, -0.25) is 4.79 Å². The standard InChI is InChI=1S/C14H7BrCl2N2O/c15-9-2-4-11(12(17)5-9)14(20)19-13-6-10(16)3-1-8(13)7-18/h1-6H,(H,19,20). The van der Waals surface area contributed by atoms with E-state index in [0.29, 0.717) is 26.9 Å². The summed E-state index contributed by atoms with van der Waals surface area (Å²) >= 11 is 15.1. The van der Waals surface area contributed by atoms with Crippen molar-refractivity contribution < 1.29 is 4.79 Å². The first-order chi connectivity index (χ1) is 9.51. The predicted molar refractivity (Wildman–Crippen MR) is 83.3 cm³/mol. The molecule has 0 heterocycles. The van der Waals surface area contributed by atoms with Crippen LogP contribution in [0.3, 0.4) is 0 Å². The number of hydrogen-bond acceptors (Lipinski definition) is 2. The molecule has 20 heavy (non-hydrogen) atoms. The fraction of sp³-hybridized carbons (Fsp3) is 0. The van der Waals surface area contributed by atoms with Gasteiger partial charge in [-0.1, -0.05) is 39.1 Å². The lowest BCUT2D eigenvalue weighted by atomic mass is 10.1. The Morgan fingerprint density at radius 2 is 1.95 bits per heavy atom. The van der Waals surface area contributed by atoms with Gasteiger partial charge in [0.25, 0.3) is 5.91 Å². The predicted octanol–water partition coefficient (Wildman–Crippen LogP) is 4.88. The maximum Gasteiger partial charge on any atom is 0.257 e. The number of carbonyl (C=O) groups excluding carboxylic acids is 1. The van der Waals surface area contributed by atoms with Gasteiger partial charge in [-0.25, -0.2) is 0 Å². The minimum Gasteiger partial charge on any atom is -0.321 e. The summed E-state index contributed by atoms with van der Waals surface area (Å²) in [5.41, 5.74) is 0.999. The van der Waals surface area contributed by atoms with Gasteiger partial charge in [-0.15, -0.1) is 0 Å². The second-order valence-corrected chi connectivity index (χ2v) is 5.64. The Morgan fingerprint density at radius 1 is 1.20 bits per heavy atom. The molecule has 0 radical (unpaired) electrons. The Labute approximate surface area is 134 Å². The molecule has 0 unspecified atom stereocenters. The van der Waals surface area contributed by atoms with Gasteiger partial charge in [0.05, 0.1) is 21.8 Å². The van der Waals surface area contributed by atoms with E-state index in [1.54, 1.807) is 30.3 Å².